The summed E-state index contributed by atoms with van der Waals surface area (Å²) in [7, 11) is 0. The molecule has 3 heterocycles. The van der Waals surface area contributed by atoms with E-state index < -0.39 is 22.4 Å². The van der Waals surface area contributed by atoms with Crippen molar-refractivity contribution in [1.82, 2.24) is 19.9 Å². The van der Waals surface area contributed by atoms with Gasteiger partial charge in [-0.15, -0.1) is 0 Å². The van der Waals surface area contributed by atoms with Gasteiger partial charge in [0.15, 0.2) is 23.3 Å². The highest BCUT2D eigenvalue weighted by atomic mass is 32.2. The van der Waals surface area contributed by atoms with Gasteiger partial charge in [0.25, 0.3) is 0 Å². The van der Waals surface area contributed by atoms with E-state index in [-0.39, 0.29) is 10.1 Å². The fraction of sp³-hybridized carbons (Fsp3) is 0.167. The van der Waals surface area contributed by atoms with Crippen LogP contribution in [0.4, 0.5) is 34.6 Å². The largest absolute Gasteiger partial charge is 0.610 e. The number of rotatable bonds is 4. The van der Waals surface area contributed by atoms with Gasteiger partial charge in [-0.2, -0.15) is 9.97 Å². The molecule has 0 bridgehead atoms. The van der Waals surface area contributed by atoms with Crippen molar-refractivity contribution < 1.29 is 9.11 Å². The van der Waals surface area contributed by atoms with E-state index in [4.69, 9.17) is 19.9 Å². The number of fused-ring (bicyclic) bond motifs is 2. The maximum atomic E-state index is 12.6. The average molecular weight is 491 g/mol. The molecular formula is C24H22N6O2S2. The molecule has 0 aliphatic carbocycles. The fourth-order valence-electron chi connectivity index (χ4n) is 3.79. The average Bonchev–Trinajstić information content (AvgIpc) is 2.83. The Kier molecular flexibility index (Phi) is 5.90. The topological polar surface area (TPSA) is 104 Å². The summed E-state index contributed by atoms with van der Waals surface area (Å²) in [6.07, 6.45) is 3.03. The molecule has 0 radical (unpaired) electrons. The van der Waals surface area contributed by atoms with Crippen LogP contribution in [0.1, 0.15) is 11.4 Å². The molecule has 1 aliphatic rings. The van der Waals surface area contributed by atoms with Gasteiger partial charge in [-0.1, -0.05) is 36.4 Å². The van der Waals surface area contributed by atoms with Crippen molar-refractivity contribution in [3.05, 3.63) is 72.1 Å². The summed E-state index contributed by atoms with van der Waals surface area (Å²) in [5, 5.41) is 0.377. The quantitative estimate of drug-likeness (QED) is 0.336. The van der Waals surface area contributed by atoms with Gasteiger partial charge >= 0.3 is 10.1 Å². The van der Waals surface area contributed by atoms with E-state index in [1.54, 1.807) is 0 Å². The molecule has 5 rings (SSSR count). The molecule has 0 N–H and O–H groups in total. The number of aromatic nitrogens is 4. The Bertz CT molecular complexity index is 1250. The van der Waals surface area contributed by atoms with E-state index in [2.05, 4.69) is 0 Å². The summed E-state index contributed by atoms with van der Waals surface area (Å²) in [5.41, 5.74) is 3.19. The zero-order valence-electron chi connectivity index (χ0n) is 19.1. The van der Waals surface area contributed by atoms with Gasteiger partial charge in [0.1, 0.15) is 12.5 Å². The first kappa shape index (κ1) is 22.6. The number of hydrogen-bond donors (Lipinski definition) is 0. The fourth-order valence-corrected chi connectivity index (χ4v) is 5.50. The summed E-state index contributed by atoms with van der Waals surface area (Å²) >= 11 is -3.00. The number of aryl methyl sites for hydroxylation is 2. The zero-order chi connectivity index (χ0) is 24.0. The Hall–Kier alpha value is -3.18. The predicted molar refractivity (Wildman–Crippen MR) is 135 cm³/mol. The summed E-state index contributed by atoms with van der Waals surface area (Å²) in [4.78, 5) is 23.1. The molecule has 0 amide bonds. The van der Waals surface area contributed by atoms with E-state index in [1.165, 1.54) is 12.5 Å². The van der Waals surface area contributed by atoms with Crippen molar-refractivity contribution in [3.63, 3.8) is 0 Å². The summed E-state index contributed by atoms with van der Waals surface area (Å²) in [5.74, 6) is 2.05. The Labute approximate surface area is 204 Å². The van der Waals surface area contributed by atoms with Gasteiger partial charge < -0.3 is 9.11 Å². The molecular weight excluding hydrogens is 468 g/mol. The summed E-state index contributed by atoms with van der Waals surface area (Å²) in [6, 6.07) is 19.3. The molecule has 2 aromatic heterocycles. The van der Waals surface area contributed by atoms with E-state index in [0.717, 1.165) is 22.8 Å². The Balaban J connectivity index is 1.90. The van der Waals surface area contributed by atoms with Crippen molar-refractivity contribution in [1.29, 1.82) is 0 Å². The molecule has 10 heteroatoms. The first-order valence-corrected chi connectivity index (χ1v) is 13.6. The number of para-hydroxylation sites is 2. The molecule has 4 aromatic rings. The maximum absolute atomic E-state index is 12.6. The van der Waals surface area contributed by atoms with Gasteiger partial charge in [-0.3, -0.25) is 9.80 Å². The minimum absolute atomic E-state index is 0.189. The molecule has 1 aliphatic heterocycles. The molecule has 2 unspecified atom stereocenters. The minimum atomic E-state index is -1.50. The van der Waals surface area contributed by atoms with Crippen LogP contribution in [0.5, 0.6) is 0 Å². The minimum Gasteiger partial charge on any atom is -0.610 e. The lowest BCUT2D eigenvalue weighted by Crippen LogP contribution is -2.30. The molecule has 2 aromatic carbocycles. The van der Waals surface area contributed by atoms with Crippen LogP contribution in [0.25, 0.3) is 0 Å². The molecule has 0 fully saturated rings. The van der Waals surface area contributed by atoms with Gasteiger partial charge in [0.2, 0.25) is 0 Å². The first-order valence-electron chi connectivity index (χ1n) is 10.5. The lowest BCUT2D eigenvalue weighted by Gasteiger charge is -2.37. The number of nitrogens with zero attached hydrogens (tertiary/aromatic N) is 6. The lowest BCUT2D eigenvalue weighted by atomic mass is 10.2. The van der Waals surface area contributed by atoms with Crippen molar-refractivity contribution in [2.24, 2.45) is 0 Å². The second-order valence-corrected chi connectivity index (χ2v) is 10.4. The molecule has 0 saturated heterocycles. The van der Waals surface area contributed by atoms with E-state index in [0.29, 0.717) is 23.3 Å². The molecule has 8 nitrogen and oxygen atoms in total. The van der Waals surface area contributed by atoms with Crippen LogP contribution in [0.3, 0.4) is 0 Å². The van der Waals surface area contributed by atoms with E-state index in [1.807, 2.05) is 84.3 Å². The highest BCUT2D eigenvalue weighted by Crippen LogP contribution is 2.51. The van der Waals surface area contributed by atoms with Crippen LogP contribution in [-0.2, 0) is 22.4 Å². The lowest BCUT2D eigenvalue weighted by molar-refractivity contribution is 0.578. The third-order valence-corrected chi connectivity index (χ3v) is 7.28. The summed E-state index contributed by atoms with van der Waals surface area (Å²) < 4.78 is 25.2. The smallest absolute Gasteiger partial charge is 0.322 e. The third-order valence-electron chi connectivity index (χ3n) is 5.49. The zero-order valence-corrected chi connectivity index (χ0v) is 20.7. The van der Waals surface area contributed by atoms with E-state index in [9.17, 15) is 9.11 Å². The molecule has 0 saturated carbocycles. The Morgan fingerprint density at radius 2 is 0.882 bits per heavy atom. The molecule has 0 spiro atoms. The SMILES string of the molecule is Cc1nc2c(nc1C)N(c1ccccc1)c1nc([S+](C)[O-])c([S+](C)[O-])nc1N2c1ccccc1. The highest BCUT2D eigenvalue weighted by molar-refractivity contribution is 7.93. The second-order valence-electron chi connectivity index (χ2n) is 7.77. The molecule has 2 atom stereocenters. The van der Waals surface area contributed by atoms with Crippen LogP contribution in [0.15, 0.2) is 70.7 Å². The molecule has 172 valence electrons. The van der Waals surface area contributed by atoms with Gasteiger partial charge in [0, 0.05) is 33.7 Å². The summed E-state index contributed by atoms with van der Waals surface area (Å²) in [6.45, 7) is 3.82. The first-order chi connectivity index (χ1) is 16.4. The Morgan fingerprint density at radius 3 is 1.21 bits per heavy atom. The molecule has 34 heavy (non-hydrogen) atoms. The third kappa shape index (κ3) is 3.78. The van der Waals surface area contributed by atoms with Crippen molar-refractivity contribution in [3.8, 4) is 0 Å². The number of benzene rings is 2. The van der Waals surface area contributed by atoms with Crippen molar-refractivity contribution in [2.45, 2.75) is 23.9 Å². The number of anilines is 6. The van der Waals surface area contributed by atoms with Crippen LogP contribution in [0, 0.1) is 13.8 Å². The maximum Gasteiger partial charge on any atom is 0.322 e. The van der Waals surface area contributed by atoms with Crippen molar-refractivity contribution in [2.75, 3.05) is 22.3 Å². The van der Waals surface area contributed by atoms with Crippen LogP contribution in [0.2, 0.25) is 0 Å². The van der Waals surface area contributed by atoms with Gasteiger partial charge in [-0.05, 0) is 38.1 Å². The van der Waals surface area contributed by atoms with E-state index >= 15 is 0 Å². The number of hydrogen-bond acceptors (Lipinski definition) is 8. The van der Waals surface area contributed by atoms with Crippen LogP contribution < -0.4 is 9.80 Å². The van der Waals surface area contributed by atoms with Gasteiger partial charge in [0.05, 0.1) is 11.4 Å². The van der Waals surface area contributed by atoms with Crippen LogP contribution in [-0.4, -0.2) is 41.6 Å². The normalized spacial score (nSPS) is 14.4. The van der Waals surface area contributed by atoms with Crippen LogP contribution >= 0.6 is 0 Å². The predicted octanol–water partition coefficient (Wildman–Crippen LogP) is 4.61. The second kappa shape index (κ2) is 8.88. The van der Waals surface area contributed by atoms with Gasteiger partial charge in [-0.25, -0.2) is 9.97 Å². The van der Waals surface area contributed by atoms with Crippen molar-refractivity contribution >= 4 is 57.0 Å². The Morgan fingerprint density at radius 1 is 0.559 bits per heavy atom. The monoisotopic (exact) mass is 490 g/mol. The highest BCUT2D eigenvalue weighted by Gasteiger charge is 2.39. The standard InChI is InChI=1S/C24H22N6O2S2/c1-15-16(2)26-20-19(25-15)29(17-11-7-5-8-12-17)21-22(30(20)18-13-9-6-10-14-18)28-24(34(4)32)23(27-21)33(3)31/h5-14H,1-4H3.